The molecule has 3 aromatic carbocycles. The van der Waals surface area contributed by atoms with Crippen LogP contribution in [0, 0.1) is 0 Å². The summed E-state index contributed by atoms with van der Waals surface area (Å²) in [5.41, 5.74) is 6.06. The lowest BCUT2D eigenvalue weighted by Gasteiger charge is -2.32. The number of β-amino-alcohol motifs (C(OH)–C–C–N with tert-alkyl or cyclic N) is 1. The molecule has 4 atom stereocenters. The lowest BCUT2D eigenvalue weighted by molar-refractivity contribution is -0.160. The van der Waals surface area contributed by atoms with Crippen molar-refractivity contribution in [3.63, 3.8) is 0 Å². The zero-order chi connectivity index (χ0) is 31.9. The van der Waals surface area contributed by atoms with Crippen molar-refractivity contribution in [2.24, 2.45) is 5.73 Å². The Morgan fingerprint density at radius 1 is 0.977 bits per heavy atom. The Hall–Kier alpha value is -4.28. The number of aliphatic hydroxyl groups excluding tert-OH is 1. The maximum absolute atomic E-state index is 13.6. The van der Waals surface area contributed by atoms with Crippen molar-refractivity contribution in [1.82, 2.24) is 15.5 Å². The summed E-state index contributed by atoms with van der Waals surface area (Å²) in [5.74, 6) is -2.28. The summed E-state index contributed by atoms with van der Waals surface area (Å²) in [7, 11) is 0. The first kappa shape index (κ1) is 32.6. The van der Waals surface area contributed by atoms with Gasteiger partial charge in [0, 0.05) is 12.1 Å². The number of ether oxygens (including phenoxy) is 1. The third kappa shape index (κ3) is 8.87. The van der Waals surface area contributed by atoms with E-state index in [4.69, 9.17) is 10.5 Å². The molecule has 0 spiro atoms. The Morgan fingerprint density at radius 2 is 1.66 bits per heavy atom. The number of fused-ring (bicyclic) bond motifs is 1. The van der Waals surface area contributed by atoms with Crippen LogP contribution in [0.25, 0.3) is 10.8 Å². The van der Waals surface area contributed by atoms with Crippen LogP contribution in [0.4, 0.5) is 0 Å². The van der Waals surface area contributed by atoms with Crippen LogP contribution < -0.4 is 16.4 Å². The first-order chi connectivity index (χ1) is 20.9. The Labute approximate surface area is 257 Å². The predicted molar refractivity (Wildman–Crippen MR) is 168 cm³/mol. The fourth-order valence-electron chi connectivity index (χ4n) is 5.55. The lowest BCUT2D eigenvalue weighted by atomic mass is 9.99. The Bertz CT molecular complexity index is 1470. The molecule has 234 valence electrons. The van der Waals surface area contributed by atoms with Gasteiger partial charge in [0.05, 0.1) is 18.6 Å². The number of carbonyl (C=O) groups is 4. The highest BCUT2D eigenvalue weighted by atomic mass is 16.6. The van der Waals surface area contributed by atoms with E-state index >= 15 is 0 Å². The average molecular weight is 603 g/mol. The van der Waals surface area contributed by atoms with Gasteiger partial charge in [-0.1, -0.05) is 66.7 Å². The second-order valence-electron chi connectivity index (χ2n) is 12.3. The molecule has 0 radical (unpaired) electrons. The van der Waals surface area contributed by atoms with Crippen LogP contribution in [0.3, 0.4) is 0 Å². The van der Waals surface area contributed by atoms with Gasteiger partial charge in [0.15, 0.2) is 0 Å². The number of nitrogens with zero attached hydrogens (tertiary/aromatic N) is 1. The molecule has 1 fully saturated rings. The van der Waals surface area contributed by atoms with Gasteiger partial charge in [-0.2, -0.15) is 0 Å². The average Bonchev–Trinajstić information content (AvgIpc) is 3.44. The zero-order valence-electron chi connectivity index (χ0n) is 25.5. The van der Waals surface area contributed by atoms with E-state index in [1.165, 1.54) is 0 Å². The number of carbonyl (C=O) groups excluding carboxylic acids is 4. The summed E-state index contributed by atoms with van der Waals surface area (Å²) in [6, 6.07) is 19.4. The largest absolute Gasteiger partial charge is 0.459 e. The molecular formula is C34H42N4O6. The molecule has 1 aliphatic rings. The standard InChI is InChI=1S/C34H42N4O6/c1-34(2,3)44-33(43)28-17-10-18-38(28)21-29(39)26(19-22-11-5-4-6-12-22)36-32(42)27(20-30(35)40)37-31(41)25-16-9-14-23-13-7-8-15-24(23)25/h4-9,11-16,26-29,39H,10,17-21H2,1-3H3,(H2,35,40)(H,36,42)(H,37,41)/t26-,27-,28-,29+/m0/s1. The molecule has 0 aliphatic carbocycles. The van der Waals surface area contributed by atoms with Crippen LogP contribution in [0.5, 0.6) is 0 Å². The minimum Gasteiger partial charge on any atom is -0.459 e. The van der Waals surface area contributed by atoms with Crippen LogP contribution in [-0.2, 0) is 25.5 Å². The van der Waals surface area contributed by atoms with E-state index in [0.717, 1.165) is 17.4 Å². The van der Waals surface area contributed by atoms with E-state index in [1.54, 1.807) is 12.1 Å². The van der Waals surface area contributed by atoms with E-state index in [1.807, 2.05) is 86.3 Å². The van der Waals surface area contributed by atoms with Gasteiger partial charge in [-0.15, -0.1) is 0 Å². The Kier molecular flexibility index (Phi) is 10.7. The third-order valence-electron chi connectivity index (χ3n) is 7.62. The van der Waals surface area contributed by atoms with Crippen molar-refractivity contribution in [3.8, 4) is 0 Å². The molecular weight excluding hydrogens is 560 g/mol. The molecule has 0 unspecified atom stereocenters. The van der Waals surface area contributed by atoms with Crippen LogP contribution in [0.1, 0.15) is 56.0 Å². The number of nitrogens with two attached hydrogens (primary N) is 1. The fourth-order valence-corrected chi connectivity index (χ4v) is 5.55. The SMILES string of the molecule is CC(C)(C)OC(=O)[C@@H]1CCCN1C[C@@H](O)[C@H](Cc1ccccc1)NC(=O)[C@H](CC(N)=O)NC(=O)c1cccc2ccccc12. The quantitative estimate of drug-likeness (QED) is 0.233. The molecule has 1 heterocycles. The fraction of sp³-hybridized carbons (Fsp3) is 0.412. The van der Waals surface area contributed by atoms with Gasteiger partial charge >= 0.3 is 5.97 Å². The van der Waals surface area contributed by atoms with Crippen molar-refractivity contribution in [3.05, 3.63) is 83.9 Å². The summed E-state index contributed by atoms with van der Waals surface area (Å²) in [6.45, 7) is 6.15. The molecule has 1 aliphatic heterocycles. The number of hydrogen-bond donors (Lipinski definition) is 4. The predicted octanol–water partition coefficient (Wildman–Crippen LogP) is 2.71. The smallest absolute Gasteiger partial charge is 0.323 e. The number of likely N-dealkylation sites (tertiary alicyclic amines) is 1. The van der Waals surface area contributed by atoms with Crippen LogP contribution >= 0.6 is 0 Å². The van der Waals surface area contributed by atoms with Crippen molar-refractivity contribution < 1.29 is 29.0 Å². The second-order valence-corrected chi connectivity index (χ2v) is 12.3. The second kappa shape index (κ2) is 14.5. The van der Waals surface area contributed by atoms with E-state index in [0.29, 0.717) is 23.9 Å². The molecule has 1 saturated heterocycles. The molecule has 3 amide bonds. The number of primary amides is 1. The highest BCUT2D eigenvalue weighted by Gasteiger charge is 2.37. The van der Waals surface area contributed by atoms with Gasteiger partial charge in [0.25, 0.3) is 5.91 Å². The number of hydrogen-bond acceptors (Lipinski definition) is 7. The van der Waals surface area contributed by atoms with Crippen molar-refractivity contribution in [2.45, 2.75) is 76.3 Å². The summed E-state index contributed by atoms with van der Waals surface area (Å²) in [5, 5.41) is 18.6. The van der Waals surface area contributed by atoms with Crippen molar-refractivity contribution in [2.75, 3.05) is 13.1 Å². The summed E-state index contributed by atoms with van der Waals surface area (Å²) in [6.07, 6.45) is 0.152. The normalized spacial score (nSPS) is 17.4. The van der Waals surface area contributed by atoms with E-state index in [9.17, 15) is 24.3 Å². The monoisotopic (exact) mass is 602 g/mol. The van der Waals surface area contributed by atoms with Gasteiger partial charge < -0.3 is 26.2 Å². The van der Waals surface area contributed by atoms with Crippen molar-refractivity contribution >= 4 is 34.5 Å². The van der Waals surface area contributed by atoms with E-state index in [-0.39, 0.29) is 18.9 Å². The molecule has 3 aromatic rings. The summed E-state index contributed by atoms with van der Waals surface area (Å²) in [4.78, 5) is 53.7. The number of esters is 1. The zero-order valence-corrected chi connectivity index (χ0v) is 25.5. The van der Waals surface area contributed by atoms with Gasteiger partial charge in [0.1, 0.15) is 17.7 Å². The third-order valence-corrected chi connectivity index (χ3v) is 7.62. The first-order valence-corrected chi connectivity index (χ1v) is 15.0. The molecule has 5 N–H and O–H groups in total. The number of benzene rings is 3. The minimum absolute atomic E-state index is 0.116. The molecule has 0 aromatic heterocycles. The first-order valence-electron chi connectivity index (χ1n) is 15.0. The van der Waals surface area contributed by atoms with Gasteiger partial charge in [-0.3, -0.25) is 24.1 Å². The molecule has 10 nitrogen and oxygen atoms in total. The van der Waals surface area contributed by atoms with Gasteiger partial charge in [-0.05, 0) is 69.0 Å². The highest BCUT2D eigenvalue weighted by Crippen LogP contribution is 2.23. The van der Waals surface area contributed by atoms with Crippen molar-refractivity contribution in [1.29, 1.82) is 0 Å². The topological polar surface area (TPSA) is 151 Å². The van der Waals surface area contributed by atoms with E-state index in [2.05, 4.69) is 10.6 Å². The maximum Gasteiger partial charge on any atom is 0.323 e. The summed E-state index contributed by atoms with van der Waals surface area (Å²) >= 11 is 0. The summed E-state index contributed by atoms with van der Waals surface area (Å²) < 4.78 is 5.61. The molecule has 10 heteroatoms. The minimum atomic E-state index is -1.27. The Balaban J connectivity index is 1.53. The van der Waals surface area contributed by atoms with Crippen LogP contribution in [-0.4, -0.2) is 76.6 Å². The maximum atomic E-state index is 13.6. The lowest BCUT2D eigenvalue weighted by Crippen LogP contribution is -2.56. The molecule has 0 saturated carbocycles. The molecule has 4 rings (SSSR count). The van der Waals surface area contributed by atoms with Gasteiger partial charge in [-0.25, -0.2) is 0 Å². The number of nitrogens with one attached hydrogen (secondary N) is 2. The van der Waals surface area contributed by atoms with Gasteiger partial charge in [0.2, 0.25) is 11.8 Å². The molecule has 0 bridgehead atoms. The Morgan fingerprint density at radius 3 is 2.36 bits per heavy atom. The van der Waals surface area contributed by atoms with Crippen LogP contribution in [0.2, 0.25) is 0 Å². The highest BCUT2D eigenvalue weighted by molar-refractivity contribution is 6.08. The molecule has 44 heavy (non-hydrogen) atoms. The van der Waals surface area contributed by atoms with Crippen LogP contribution in [0.15, 0.2) is 72.8 Å². The number of amides is 3. The number of aliphatic hydroxyl groups is 1. The number of rotatable bonds is 12. The van der Waals surface area contributed by atoms with E-state index < -0.39 is 54.0 Å².